The van der Waals surface area contributed by atoms with Crippen LogP contribution in [0.3, 0.4) is 0 Å². The van der Waals surface area contributed by atoms with Crippen LogP contribution in [0.4, 0.5) is 5.69 Å². The molecule has 1 aliphatic rings. The Morgan fingerprint density at radius 2 is 1.71 bits per heavy atom. The Morgan fingerprint density at radius 3 is 2.46 bits per heavy atom. The van der Waals surface area contributed by atoms with Crippen molar-refractivity contribution in [3.8, 4) is 0 Å². The Hall–Kier alpha value is -2.11. The quantitative estimate of drug-likeness (QED) is 0.519. The van der Waals surface area contributed by atoms with Gasteiger partial charge >= 0.3 is 0 Å². The van der Waals surface area contributed by atoms with E-state index >= 15 is 0 Å². The van der Waals surface area contributed by atoms with Crippen molar-refractivity contribution in [2.24, 2.45) is 0 Å². The van der Waals surface area contributed by atoms with Crippen LogP contribution in [-0.4, -0.2) is 23.0 Å². The van der Waals surface area contributed by atoms with Crippen LogP contribution in [0.25, 0.3) is 10.9 Å². The van der Waals surface area contributed by atoms with Gasteiger partial charge in [-0.15, -0.1) is 0 Å². The van der Waals surface area contributed by atoms with Gasteiger partial charge in [0.15, 0.2) is 0 Å². The lowest BCUT2D eigenvalue weighted by Gasteiger charge is -2.30. The van der Waals surface area contributed by atoms with Gasteiger partial charge in [0.25, 0.3) is 5.91 Å². The first kappa shape index (κ1) is 19.2. The second kappa shape index (κ2) is 8.50. The number of fused-ring (bicyclic) bond motifs is 1. The molecule has 6 heteroatoms. The molecule has 0 unspecified atom stereocenters. The lowest BCUT2D eigenvalue weighted by Crippen LogP contribution is -2.40. The topological polar surface area (TPSA) is 54.0 Å². The Kier molecular flexibility index (Phi) is 5.83. The average molecular weight is 459 g/mol. The maximum Gasteiger partial charge on any atom is 0.251 e. The third kappa shape index (κ3) is 4.47. The van der Waals surface area contributed by atoms with E-state index in [4.69, 9.17) is 11.6 Å². The van der Waals surface area contributed by atoms with E-state index in [0.717, 1.165) is 46.7 Å². The van der Waals surface area contributed by atoms with Crippen molar-refractivity contribution in [3.63, 3.8) is 0 Å². The second-order valence-electron chi connectivity index (χ2n) is 7.19. The molecule has 2 aromatic carbocycles. The van der Waals surface area contributed by atoms with Gasteiger partial charge in [-0.05, 0) is 74.2 Å². The molecule has 144 valence electrons. The van der Waals surface area contributed by atoms with E-state index in [0.29, 0.717) is 16.6 Å². The van der Waals surface area contributed by atoms with Gasteiger partial charge in [-0.3, -0.25) is 9.78 Å². The second-order valence-corrected chi connectivity index (χ2v) is 8.55. The minimum atomic E-state index is 0.000848. The molecule has 1 aliphatic carbocycles. The monoisotopic (exact) mass is 457 g/mol. The van der Waals surface area contributed by atoms with Gasteiger partial charge in [-0.25, -0.2) is 0 Å². The van der Waals surface area contributed by atoms with Gasteiger partial charge in [0, 0.05) is 44.4 Å². The SMILES string of the molecule is O=C(N[C@H]1CC[C@@H](Nc2ccnc3cc(Cl)ccc23)CC1)c1ccc(Br)cc1. The van der Waals surface area contributed by atoms with Crippen molar-refractivity contribution in [3.05, 3.63) is 69.8 Å². The molecule has 28 heavy (non-hydrogen) atoms. The summed E-state index contributed by atoms with van der Waals surface area (Å²) in [7, 11) is 0. The number of halogens is 2. The zero-order valence-corrected chi connectivity index (χ0v) is 17.6. The third-order valence-corrected chi connectivity index (χ3v) is 6.00. The van der Waals surface area contributed by atoms with Crippen LogP contribution in [0.2, 0.25) is 5.02 Å². The summed E-state index contributed by atoms with van der Waals surface area (Å²) >= 11 is 9.47. The fourth-order valence-corrected chi connectivity index (χ4v) is 4.15. The van der Waals surface area contributed by atoms with Crippen LogP contribution in [-0.2, 0) is 0 Å². The van der Waals surface area contributed by atoms with Crippen molar-refractivity contribution >= 4 is 50.0 Å². The summed E-state index contributed by atoms with van der Waals surface area (Å²) in [5.41, 5.74) is 2.68. The molecule has 2 N–H and O–H groups in total. The molecule has 0 radical (unpaired) electrons. The van der Waals surface area contributed by atoms with E-state index in [1.807, 2.05) is 54.7 Å². The van der Waals surface area contributed by atoms with Crippen LogP contribution >= 0.6 is 27.5 Å². The summed E-state index contributed by atoms with van der Waals surface area (Å²) in [4.78, 5) is 16.8. The van der Waals surface area contributed by atoms with Crippen LogP contribution in [0.5, 0.6) is 0 Å². The van der Waals surface area contributed by atoms with Crippen molar-refractivity contribution in [1.82, 2.24) is 10.3 Å². The van der Waals surface area contributed by atoms with Gasteiger partial charge in [-0.2, -0.15) is 0 Å². The zero-order valence-electron chi connectivity index (χ0n) is 15.3. The predicted octanol–water partition coefficient (Wildman–Crippen LogP) is 5.80. The first-order chi connectivity index (χ1) is 13.6. The summed E-state index contributed by atoms with van der Waals surface area (Å²) in [6.45, 7) is 0. The largest absolute Gasteiger partial charge is 0.382 e. The Morgan fingerprint density at radius 1 is 1.00 bits per heavy atom. The van der Waals surface area contributed by atoms with E-state index < -0.39 is 0 Å². The normalized spacial score (nSPS) is 19.4. The minimum Gasteiger partial charge on any atom is -0.382 e. The van der Waals surface area contributed by atoms with Gasteiger partial charge in [0.05, 0.1) is 5.52 Å². The molecule has 4 nitrogen and oxygen atoms in total. The number of hydrogen-bond acceptors (Lipinski definition) is 3. The summed E-state index contributed by atoms with van der Waals surface area (Å²) in [5, 5.41) is 8.60. The molecule has 0 bridgehead atoms. The molecule has 0 aliphatic heterocycles. The molecule has 0 saturated heterocycles. The highest BCUT2D eigenvalue weighted by atomic mass is 79.9. The first-order valence-corrected chi connectivity index (χ1v) is 10.6. The molecule has 3 aromatic rings. The minimum absolute atomic E-state index is 0.000848. The Bertz CT molecular complexity index is 985. The predicted molar refractivity (Wildman–Crippen MR) is 118 cm³/mol. The molecular weight excluding hydrogens is 438 g/mol. The lowest BCUT2D eigenvalue weighted by atomic mass is 9.90. The van der Waals surface area contributed by atoms with Crippen molar-refractivity contribution in [1.29, 1.82) is 0 Å². The molecule has 4 rings (SSSR count). The number of hydrogen-bond donors (Lipinski definition) is 2. The molecule has 1 amide bonds. The zero-order chi connectivity index (χ0) is 19.5. The Balaban J connectivity index is 1.34. The highest BCUT2D eigenvalue weighted by Gasteiger charge is 2.23. The number of benzene rings is 2. The van der Waals surface area contributed by atoms with E-state index in [9.17, 15) is 4.79 Å². The lowest BCUT2D eigenvalue weighted by molar-refractivity contribution is 0.0926. The van der Waals surface area contributed by atoms with Gasteiger partial charge in [-0.1, -0.05) is 27.5 Å². The number of amides is 1. The summed E-state index contributed by atoms with van der Waals surface area (Å²) in [6, 6.07) is 15.9. The number of carbonyl (C=O) groups is 1. The maximum absolute atomic E-state index is 12.4. The molecule has 1 aromatic heterocycles. The first-order valence-electron chi connectivity index (χ1n) is 9.46. The number of nitrogens with zero attached hydrogens (tertiary/aromatic N) is 1. The number of rotatable bonds is 4. The number of anilines is 1. The van der Waals surface area contributed by atoms with Crippen molar-refractivity contribution < 1.29 is 4.79 Å². The number of aromatic nitrogens is 1. The van der Waals surface area contributed by atoms with Crippen molar-refractivity contribution in [2.45, 2.75) is 37.8 Å². The molecule has 1 heterocycles. The summed E-state index contributed by atoms with van der Waals surface area (Å²) in [5.74, 6) is 0.000848. The van der Waals surface area contributed by atoms with Gasteiger partial charge in [0.2, 0.25) is 0 Å². The third-order valence-electron chi connectivity index (χ3n) is 5.23. The maximum atomic E-state index is 12.4. The molecule has 1 saturated carbocycles. The molecule has 1 fully saturated rings. The van der Waals surface area contributed by atoms with E-state index in [1.165, 1.54) is 0 Å². The fourth-order valence-electron chi connectivity index (χ4n) is 3.72. The summed E-state index contributed by atoms with van der Waals surface area (Å²) in [6.07, 6.45) is 5.78. The highest BCUT2D eigenvalue weighted by molar-refractivity contribution is 9.10. The van der Waals surface area contributed by atoms with Crippen molar-refractivity contribution in [2.75, 3.05) is 5.32 Å². The fraction of sp³-hybridized carbons (Fsp3) is 0.273. The number of carbonyl (C=O) groups excluding carboxylic acids is 1. The molecular formula is C22H21BrClN3O. The van der Waals surface area contributed by atoms with Crippen LogP contribution < -0.4 is 10.6 Å². The van der Waals surface area contributed by atoms with Crippen LogP contribution in [0.15, 0.2) is 59.2 Å². The van der Waals surface area contributed by atoms with Gasteiger partial charge < -0.3 is 10.6 Å². The average Bonchev–Trinajstić information content (AvgIpc) is 2.70. The highest BCUT2D eigenvalue weighted by Crippen LogP contribution is 2.28. The van der Waals surface area contributed by atoms with Crippen LogP contribution in [0.1, 0.15) is 36.0 Å². The Labute approximate surface area is 177 Å². The standard InChI is InChI=1S/C22H21BrClN3O/c23-15-3-1-14(2-4-15)22(28)27-18-8-6-17(7-9-18)26-20-11-12-25-21-13-16(24)5-10-19(20)21/h1-5,10-13,17-18H,6-9H2,(H,25,26)(H,27,28)/t17-,18+. The van der Waals surface area contributed by atoms with E-state index in [-0.39, 0.29) is 11.9 Å². The van der Waals surface area contributed by atoms with Crippen LogP contribution in [0, 0.1) is 0 Å². The van der Waals surface area contributed by atoms with Gasteiger partial charge in [0.1, 0.15) is 0 Å². The van der Waals surface area contributed by atoms with E-state index in [2.05, 4.69) is 31.5 Å². The number of nitrogens with one attached hydrogen (secondary N) is 2. The molecule has 0 atom stereocenters. The number of pyridine rings is 1. The van der Waals surface area contributed by atoms with E-state index in [1.54, 1.807) is 0 Å². The molecule has 0 spiro atoms. The summed E-state index contributed by atoms with van der Waals surface area (Å²) < 4.78 is 0.974. The smallest absolute Gasteiger partial charge is 0.251 e.